The number of rotatable bonds is 6. The summed E-state index contributed by atoms with van der Waals surface area (Å²) in [5.41, 5.74) is 0. The molecular weight excluding hydrogens is 242 g/mol. The lowest BCUT2D eigenvalue weighted by Crippen LogP contribution is -2.42. The van der Waals surface area contributed by atoms with Crippen LogP contribution in [0.3, 0.4) is 0 Å². The summed E-state index contributed by atoms with van der Waals surface area (Å²) in [7, 11) is 0. The summed E-state index contributed by atoms with van der Waals surface area (Å²) in [6.07, 6.45) is 6.65. The van der Waals surface area contributed by atoms with Crippen LogP contribution < -0.4 is 5.32 Å². The molecule has 0 saturated carbocycles. The molecule has 2 heterocycles. The Hall–Kier alpha value is -1.36. The molecule has 19 heavy (non-hydrogen) atoms. The van der Waals surface area contributed by atoms with Crippen LogP contribution in [0.2, 0.25) is 0 Å². The van der Waals surface area contributed by atoms with Gasteiger partial charge in [-0.1, -0.05) is 13.8 Å². The second-order valence-electron chi connectivity index (χ2n) is 5.53. The molecule has 1 atom stereocenters. The van der Waals surface area contributed by atoms with Crippen LogP contribution >= 0.6 is 0 Å². The van der Waals surface area contributed by atoms with Gasteiger partial charge < -0.3 is 14.6 Å². The SMILES string of the molecule is CC(C)CCOCC(=O)N[C@H]1CCc2nccn2C1. The zero-order valence-electron chi connectivity index (χ0n) is 11.8. The average molecular weight is 265 g/mol. The molecule has 2 rings (SSSR count). The van der Waals surface area contributed by atoms with Gasteiger partial charge in [-0.2, -0.15) is 0 Å². The number of aryl methyl sites for hydroxylation is 1. The fraction of sp³-hybridized carbons (Fsp3) is 0.714. The molecule has 0 spiro atoms. The maximum absolute atomic E-state index is 11.7. The summed E-state index contributed by atoms with van der Waals surface area (Å²) >= 11 is 0. The van der Waals surface area contributed by atoms with Crippen LogP contribution in [0.15, 0.2) is 12.4 Å². The Kier molecular flexibility index (Phi) is 4.96. The van der Waals surface area contributed by atoms with Gasteiger partial charge in [0.25, 0.3) is 0 Å². The molecule has 5 nitrogen and oxygen atoms in total. The van der Waals surface area contributed by atoms with E-state index >= 15 is 0 Å². The largest absolute Gasteiger partial charge is 0.372 e. The van der Waals surface area contributed by atoms with Gasteiger partial charge in [-0.15, -0.1) is 0 Å². The Morgan fingerprint density at radius 3 is 3.26 bits per heavy atom. The molecule has 1 N–H and O–H groups in total. The number of hydrogen-bond acceptors (Lipinski definition) is 3. The Morgan fingerprint density at radius 2 is 2.47 bits per heavy atom. The van der Waals surface area contributed by atoms with Crippen LogP contribution in [0.1, 0.15) is 32.5 Å². The minimum Gasteiger partial charge on any atom is -0.372 e. The van der Waals surface area contributed by atoms with Crippen molar-refractivity contribution in [2.45, 2.75) is 45.7 Å². The number of amides is 1. The smallest absolute Gasteiger partial charge is 0.246 e. The number of carbonyl (C=O) groups is 1. The number of fused-ring (bicyclic) bond motifs is 1. The van der Waals surface area contributed by atoms with Crippen molar-refractivity contribution in [1.29, 1.82) is 0 Å². The first-order valence-electron chi connectivity index (χ1n) is 7.02. The molecule has 0 fully saturated rings. The van der Waals surface area contributed by atoms with Gasteiger partial charge in [-0.25, -0.2) is 4.98 Å². The zero-order valence-corrected chi connectivity index (χ0v) is 11.8. The van der Waals surface area contributed by atoms with Gasteiger partial charge in [-0.05, 0) is 18.8 Å². The molecule has 5 heteroatoms. The van der Waals surface area contributed by atoms with Crippen molar-refractivity contribution in [2.75, 3.05) is 13.2 Å². The highest BCUT2D eigenvalue weighted by atomic mass is 16.5. The van der Waals surface area contributed by atoms with Gasteiger partial charge in [0.15, 0.2) is 0 Å². The summed E-state index contributed by atoms with van der Waals surface area (Å²) in [5.74, 6) is 1.71. The molecule has 0 unspecified atom stereocenters. The number of ether oxygens (including phenoxy) is 1. The fourth-order valence-electron chi connectivity index (χ4n) is 2.24. The topological polar surface area (TPSA) is 56.1 Å². The number of carbonyl (C=O) groups excluding carboxylic acids is 1. The third kappa shape index (κ3) is 4.35. The molecule has 0 aliphatic carbocycles. The van der Waals surface area contributed by atoms with Crippen LogP contribution in [0.5, 0.6) is 0 Å². The van der Waals surface area contributed by atoms with Crippen molar-refractivity contribution >= 4 is 5.91 Å². The number of nitrogens with zero attached hydrogens (tertiary/aromatic N) is 2. The van der Waals surface area contributed by atoms with Crippen molar-refractivity contribution in [3.63, 3.8) is 0 Å². The highest BCUT2D eigenvalue weighted by Gasteiger charge is 2.20. The van der Waals surface area contributed by atoms with Gasteiger partial charge >= 0.3 is 0 Å². The van der Waals surface area contributed by atoms with Crippen molar-refractivity contribution < 1.29 is 9.53 Å². The van der Waals surface area contributed by atoms with Crippen molar-refractivity contribution in [3.05, 3.63) is 18.2 Å². The molecule has 0 radical (unpaired) electrons. The van der Waals surface area contributed by atoms with Crippen LogP contribution in [0.25, 0.3) is 0 Å². The van der Waals surface area contributed by atoms with E-state index in [9.17, 15) is 4.79 Å². The highest BCUT2D eigenvalue weighted by Crippen LogP contribution is 2.12. The van der Waals surface area contributed by atoms with Gasteiger partial charge in [0.05, 0.1) is 0 Å². The molecule has 1 aliphatic rings. The van der Waals surface area contributed by atoms with Crippen LogP contribution in [-0.4, -0.2) is 34.7 Å². The lowest BCUT2D eigenvalue weighted by Gasteiger charge is -2.24. The van der Waals surface area contributed by atoms with E-state index < -0.39 is 0 Å². The maximum Gasteiger partial charge on any atom is 0.246 e. The third-order valence-corrected chi connectivity index (χ3v) is 3.37. The van der Waals surface area contributed by atoms with Gasteiger partial charge in [-0.3, -0.25) is 4.79 Å². The zero-order chi connectivity index (χ0) is 13.7. The molecule has 1 aliphatic heterocycles. The quantitative estimate of drug-likeness (QED) is 0.791. The van der Waals surface area contributed by atoms with Gasteiger partial charge in [0.2, 0.25) is 5.91 Å². The first-order chi connectivity index (χ1) is 9.15. The molecule has 0 aromatic carbocycles. The van der Waals surface area contributed by atoms with Crippen molar-refractivity contribution in [3.8, 4) is 0 Å². The molecule has 1 aromatic heterocycles. The van der Waals surface area contributed by atoms with E-state index in [-0.39, 0.29) is 18.6 Å². The highest BCUT2D eigenvalue weighted by molar-refractivity contribution is 5.77. The number of imidazole rings is 1. The minimum atomic E-state index is -0.0164. The second-order valence-corrected chi connectivity index (χ2v) is 5.53. The predicted octanol–water partition coefficient (Wildman–Crippen LogP) is 1.38. The van der Waals surface area contributed by atoms with Crippen LogP contribution in [0.4, 0.5) is 0 Å². The molecule has 1 amide bonds. The Balaban J connectivity index is 1.66. The molecule has 106 valence electrons. The molecule has 1 aromatic rings. The summed E-state index contributed by atoms with van der Waals surface area (Å²) in [4.78, 5) is 16.0. The van der Waals surface area contributed by atoms with E-state index in [1.807, 2.05) is 12.4 Å². The third-order valence-electron chi connectivity index (χ3n) is 3.37. The van der Waals surface area contributed by atoms with Crippen LogP contribution in [-0.2, 0) is 22.5 Å². The molecule has 0 saturated heterocycles. The summed E-state index contributed by atoms with van der Waals surface area (Å²) < 4.78 is 7.48. The number of nitrogens with one attached hydrogen (secondary N) is 1. The monoisotopic (exact) mass is 265 g/mol. The van der Waals surface area contributed by atoms with Gasteiger partial charge in [0.1, 0.15) is 12.4 Å². The second kappa shape index (κ2) is 6.70. The standard InChI is InChI=1S/C14H23N3O2/c1-11(2)5-8-19-10-14(18)16-12-3-4-13-15-6-7-17(13)9-12/h6-7,11-12H,3-5,8-10H2,1-2H3,(H,16,18)/t12-/m0/s1. The van der Waals surface area contributed by atoms with E-state index in [2.05, 4.69) is 28.7 Å². The van der Waals surface area contributed by atoms with E-state index in [0.29, 0.717) is 12.5 Å². The van der Waals surface area contributed by atoms with Crippen molar-refractivity contribution in [1.82, 2.24) is 14.9 Å². The number of aromatic nitrogens is 2. The number of hydrogen-bond donors (Lipinski definition) is 1. The van der Waals surface area contributed by atoms with E-state index in [0.717, 1.165) is 31.6 Å². The van der Waals surface area contributed by atoms with E-state index in [1.165, 1.54) is 0 Å². The van der Waals surface area contributed by atoms with Crippen LogP contribution in [0, 0.1) is 5.92 Å². The van der Waals surface area contributed by atoms with Crippen molar-refractivity contribution in [2.24, 2.45) is 5.92 Å². The predicted molar refractivity (Wildman–Crippen MR) is 72.8 cm³/mol. The lowest BCUT2D eigenvalue weighted by atomic mass is 10.1. The Morgan fingerprint density at radius 1 is 1.63 bits per heavy atom. The molecule has 0 bridgehead atoms. The summed E-state index contributed by atoms with van der Waals surface area (Å²) in [6, 6.07) is 0.197. The molecular formula is C14H23N3O2. The van der Waals surface area contributed by atoms with Gasteiger partial charge in [0, 0.05) is 38.0 Å². The Bertz CT molecular complexity index is 415. The first-order valence-corrected chi connectivity index (χ1v) is 7.02. The summed E-state index contributed by atoms with van der Waals surface area (Å²) in [5, 5.41) is 3.03. The van der Waals surface area contributed by atoms with E-state index in [1.54, 1.807) is 0 Å². The fourth-order valence-corrected chi connectivity index (χ4v) is 2.24. The van der Waals surface area contributed by atoms with E-state index in [4.69, 9.17) is 4.74 Å². The maximum atomic E-state index is 11.7. The normalized spacial score (nSPS) is 18.4. The summed E-state index contributed by atoms with van der Waals surface area (Å²) in [6.45, 7) is 5.93. The Labute approximate surface area is 114 Å². The first kappa shape index (κ1) is 14.1. The minimum absolute atomic E-state index is 0.0164. The average Bonchev–Trinajstić information content (AvgIpc) is 2.82. The lowest BCUT2D eigenvalue weighted by molar-refractivity contribution is -0.126.